The van der Waals surface area contributed by atoms with Gasteiger partial charge in [0.1, 0.15) is 5.82 Å². The Balaban J connectivity index is 2.62. The van der Waals surface area contributed by atoms with Gasteiger partial charge in [0.05, 0.1) is 11.0 Å². The third-order valence-corrected chi connectivity index (χ3v) is 2.86. The maximum atomic E-state index is 13.3. The first-order chi connectivity index (χ1) is 8.04. The fraction of sp³-hybridized carbons (Fsp3) is 0.417. The van der Waals surface area contributed by atoms with E-state index in [2.05, 4.69) is 26.6 Å². The van der Waals surface area contributed by atoms with Gasteiger partial charge in [-0.3, -0.25) is 4.79 Å². The summed E-state index contributed by atoms with van der Waals surface area (Å²) in [7, 11) is 0. The van der Waals surface area contributed by atoms with E-state index in [0.29, 0.717) is 10.2 Å². The van der Waals surface area contributed by atoms with Gasteiger partial charge < -0.3 is 10.6 Å². The number of hydrogen-bond acceptors (Lipinski definition) is 2. The molecule has 5 heteroatoms. The van der Waals surface area contributed by atoms with Gasteiger partial charge >= 0.3 is 0 Å². The van der Waals surface area contributed by atoms with Crippen LogP contribution in [0.5, 0.6) is 0 Å². The van der Waals surface area contributed by atoms with Gasteiger partial charge in [0, 0.05) is 5.69 Å². The summed E-state index contributed by atoms with van der Waals surface area (Å²) in [4.78, 5) is 11.5. The molecule has 0 aromatic heterocycles. The second-order valence-corrected chi connectivity index (χ2v) is 4.66. The molecular weight excluding hydrogens is 287 g/mol. The molecule has 1 rings (SSSR count). The Kier molecular flexibility index (Phi) is 5.58. The highest BCUT2D eigenvalue weighted by atomic mass is 79.9. The second-order valence-electron chi connectivity index (χ2n) is 3.81. The Hall–Kier alpha value is -0.940. The first-order valence-corrected chi connectivity index (χ1v) is 6.30. The van der Waals surface area contributed by atoms with Crippen LogP contribution in [0.25, 0.3) is 0 Å². The van der Waals surface area contributed by atoms with Gasteiger partial charge in [0.2, 0.25) is 5.91 Å². The van der Waals surface area contributed by atoms with Crippen molar-refractivity contribution in [2.75, 3.05) is 18.4 Å². The van der Waals surface area contributed by atoms with Gasteiger partial charge in [0.15, 0.2) is 0 Å². The van der Waals surface area contributed by atoms with Crippen molar-refractivity contribution in [3.05, 3.63) is 28.0 Å². The molecule has 0 aliphatic rings. The Morgan fingerprint density at radius 1 is 1.47 bits per heavy atom. The summed E-state index contributed by atoms with van der Waals surface area (Å²) in [6.45, 7) is 4.88. The van der Waals surface area contributed by atoms with Crippen LogP contribution in [-0.4, -0.2) is 19.0 Å². The minimum absolute atomic E-state index is 0.164. The van der Waals surface area contributed by atoms with E-state index in [1.165, 1.54) is 6.07 Å². The molecule has 1 amide bonds. The maximum absolute atomic E-state index is 13.3. The van der Waals surface area contributed by atoms with Crippen molar-refractivity contribution in [3.8, 4) is 0 Å². The summed E-state index contributed by atoms with van der Waals surface area (Å²) in [5.41, 5.74) is 1.33. The molecule has 0 saturated carbocycles. The average molecular weight is 303 g/mol. The molecule has 0 aliphatic carbocycles. The summed E-state index contributed by atoms with van der Waals surface area (Å²) in [6, 6.07) is 2.96. The third kappa shape index (κ3) is 4.44. The van der Waals surface area contributed by atoms with Gasteiger partial charge in [0.25, 0.3) is 0 Å². The normalized spacial score (nSPS) is 10.4. The molecule has 0 saturated heterocycles. The lowest BCUT2D eigenvalue weighted by Gasteiger charge is -2.09. The molecule has 0 bridgehead atoms. The van der Waals surface area contributed by atoms with Crippen LogP contribution in [-0.2, 0) is 4.79 Å². The van der Waals surface area contributed by atoms with E-state index in [4.69, 9.17) is 0 Å². The molecule has 1 aromatic carbocycles. The summed E-state index contributed by atoms with van der Waals surface area (Å²) in [5.74, 6) is -0.546. The predicted molar refractivity (Wildman–Crippen MR) is 70.6 cm³/mol. The summed E-state index contributed by atoms with van der Waals surface area (Å²) in [6.07, 6.45) is 0.971. The van der Waals surface area contributed by atoms with E-state index < -0.39 is 0 Å². The lowest BCUT2D eigenvalue weighted by Crippen LogP contribution is -2.28. The summed E-state index contributed by atoms with van der Waals surface area (Å²) >= 11 is 3.10. The molecule has 2 N–H and O–H groups in total. The average Bonchev–Trinajstić information content (AvgIpc) is 2.26. The molecule has 0 atom stereocenters. The quantitative estimate of drug-likeness (QED) is 0.821. The zero-order valence-electron chi connectivity index (χ0n) is 9.94. The summed E-state index contributed by atoms with van der Waals surface area (Å²) in [5, 5.41) is 5.66. The SMILES string of the molecule is CCCNCC(=O)Nc1cc(F)c(Br)cc1C. The van der Waals surface area contributed by atoms with Crippen molar-refractivity contribution in [1.29, 1.82) is 0 Å². The molecular formula is C12H16BrFN2O. The first kappa shape index (κ1) is 14.1. The number of rotatable bonds is 5. The lowest BCUT2D eigenvalue weighted by atomic mass is 10.2. The van der Waals surface area contributed by atoms with Crippen LogP contribution in [0.2, 0.25) is 0 Å². The Morgan fingerprint density at radius 2 is 2.18 bits per heavy atom. The number of halogens is 2. The number of amides is 1. The van der Waals surface area contributed by atoms with Crippen LogP contribution in [0.15, 0.2) is 16.6 Å². The number of nitrogens with one attached hydrogen (secondary N) is 2. The topological polar surface area (TPSA) is 41.1 Å². The van der Waals surface area contributed by atoms with Crippen molar-refractivity contribution in [1.82, 2.24) is 5.32 Å². The maximum Gasteiger partial charge on any atom is 0.238 e. The number of hydrogen-bond donors (Lipinski definition) is 2. The van der Waals surface area contributed by atoms with Gasteiger partial charge in [-0.1, -0.05) is 6.92 Å². The number of carbonyl (C=O) groups excluding carboxylic acids is 1. The van der Waals surface area contributed by atoms with Crippen molar-refractivity contribution in [3.63, 3.8) is 0 Å². The van der Waals surface area contributed by atoms with E-state index in [0.717, 1.165) is 18.5 Å². The fourth-order valence-electron chi connectivity index (χ4n) is 1.35. The van der Waals surface area contributed by atoms with E-state index in [-0.39, 0.29) is 18.3 Å². The number of anilines is 1. The molecule has 0 radical (unpaired) electrons. The largest absolute Gasteiger partial charge is 0.325 e. The van der Waals surface area contributed by atoms with Gasteiger partial charge in [-0.25, -0.2) is 4.39 Å². The Morgan fingerprint density at radius 3 is 2.82 bits per heavy atom. The fourth-order valence-corrected chi connectivity index (χ4v) is 1.81. The van der Waals surface area contributed by atoms with E-state index in [1.807, 2.05) is 13.8 Å². The molecule has 0 spiro atoms. The number of carbonyl (C=O) groups is 1. The molecule has 17 heavy (non-hydrogen) atoms. The second kappa shape index (κ2) is 6.71. The van der Waals surface area contributed by atoms with Crippen LogP contribution in [0.4, 0.5) is 10.1 Å². The number of aryl methyl sites for hydroxylation is 1. The van der Waals surface area contributed by atoms with Crippen molar-refractivity contribution >= 4 is 27.5 Å². The highest BCUT2D eigenvalue weighted by Gasteiger charge is 2.08. The van der Waals surface area contributed by atoms with Crippen LogP contribution in [0.1, 0.15) is 18.9 Å². The zero-order chi connectivity index (χ0) is 12.8. The van der Waals surface area contributed by atoms with Crippen molar-refractivity contribution < 1.29 is 9.18 Å². The molecule has 94 valence electrons. The zero-order valence-corrected chi connectivity index (χ0v) is 11.5. The standard InChI is InChI=1S/C12H16BrFN2O/c1-3-4-15-7-12(17)16-11-6-10(14)9(13)5-8(11)2/h5-6,15H,3-4,7H2,1-2H3,(H,16,17). The van der Waals surface area contributed by atoms with Gasteiger partial charge in [-0.2, -0.15) is 0 Å². The minimum atomic E-state index is -0.382. The van der Waals surface area contributed by atoms with E-state index >= 15 is 0 Å². The van der Waals surface area contributed by atoms with Crippen molar-refractivity contribution in [2.45, 2.75) is 20.3 Å². The van der Waals surface area contributed by atoms with Gasteiger partial charge in [-0.15, -0.1) is 0 Å². The molecule has 3 nitrogen and oxygen atoms in total. The van der Waals surface area contributed by atoms with Crippen molar-refractivity contribution in [2.24, 2.45) is 0 Å². The van der Waals surface area contributed by atoms with E-state index in [9.17, 15) is 9.18 Å². The Bertz CT molecular complexity index is 410. The first-order valence-electron chi connectivity index (χ1n) is 5.50. The highest BCUT2D eigenvalue weighted by Crippen LogP contribution is 2.23. The van der Waals surface area contributed by atoms with Gasteiger partial charge in [-0.05, 0) is 53.5 Å². The summed E-state index contributed by atoms with van der Waals surface area (Å²) < 4.78 is 13.7. The van der Waals surface area contributed by atoms with Crippen LogP contribution >= 0.6 is 15.9 Å². The molecule has 0 unspecified atom stereocenters. The van der Waals surface area contributed by atoms with Crippen LogP contribution in [0.3, 0.4) is 0 Å². The molecule has 0 aliphatic heterocycles. The van der Waals surface area contributed by atoms with Crippen LogP contribution in [0, 0.1) is 12.7 Å². The minimum Gasteiger partial charge on any atom is -0.325 e. The lowest BCUT2D eigenvalue weighted by molar-refractivity contribution is -0.115. The molecule has 0 heterocycles. The van der Waals surface area contributed by atoms with Crippen LogP contribution < -0.4 is 10.6 Å². The highest BCUT2D eigenvalue weighted by molar-refractivity contribution is 9.10. The Labute approximate surface area is 109 Å². The monoisotopic (exact) mass is 302 g/mol. The smallest absolute Gasteiger partial charge is 0.238 e. The van der Waals surface area contributed by atoms with E-state index in [1.54, 1.807) is 6.07 Å². The molecule has 1 aromatic rings. The predicted octanol–water partition coefficient (Wildman–Crippen LogP) is 2.83. The third-order valence-electron chi connectivity index (χ3n) is 2.25. The molecule has 0 fully saturated rings. The number of benzene rings is 1.